The molecule has 2 unspecified atom stereocenters. The van der Waals surface area contributed by atoms with Crippen molar-refractivity contribution in [2.24, 2.45) is 11.3 Å². The van der Waals surface area contributed by atoms with E-state index in [2.05, 4.69) is 26.3 Å². The number of benzene rings is 2. The first-order valence-electron chi connectivity index (χ1n) is 17.5. The molecule has 4 heterocycles. The van der Waals surface area contributed by atoms with Gasteiger partial charge in [0.05, 0.1) is 62.5 Å². The predicted octanol–water partition coefficient (Wildman–Crippen LogP) is 5.19. The summed E-state index contributed by atoms with van der Waals surface area (Å²) in [6.07, 6.45) is 6.42. The van der Waals surface area contributed by atoms with Crippen LogP contribution in [0.5, 0.6) is 5.75 Å². The SMILES string of the molecule is COc1ccc2c(c1)C1CC1(C(=O)N1C3COCC1COC3)Cn1c-2c(C2CCCCC2)c2ccc(C(=O)NS(=O)(=O)CC(C)C)cc21. The van der Waals surface area contributed by atoms with Gasteiger partial charge in [-0.15, -0.1) is 0 Å². The highest BCUT2D eigenvalue weighted by atomic mass is 32.2. The molecule has 2 aromatic carbocycles. The summed E-state index contributed by atoms with van der Waals surface area (Å²) < 4.78 is 47.6. The molecular weight excluding hydrogens is 630 g/mol. The van der Waals surface area contributed by atoms with E-state index in [0.29, 0.717) is 38.9 Å². The second-order valence-electron chi connectivity index (χ2n) is 15.0. The van der Waals surface area contributed by atoms with E-state index in [4.69, 9.17) is 14.2 Å². The molecule has 256 valence electrons. The van der Waals surface area contributed by atoms with Crippen LogP contribution in [0.15, 0.2) is 36.4 Å². The number of methoxy groups -OCH3 is 1. The molecule has 2 saturated carbocycles. The Hall–Kier alpha value is -3.41. The molecule has 0 radical (unpaired) electrons. The molecule has 2 atom stereocenters. The number of aromatic nitrogens is 1. The smallest absolute Gasteiger partial charge is 0.264 e. The van der Waals surface area contributed by atoms with Gasteiger partial charge in [-0.2, -0.15) is 0 Å². The van der Waals surface area contributed by atoms with Crippen molar-refractivity contribution in [1.82, 2.24) is 14.2 Å². The summed E-state index contributed by atoms with van der Waals surface area (Å²) in [5.41, 5.74) is 5.12. The third-order valence-corrected chi connectivity index (χ3v) is 12.9. The van der Waals surface area contributed by atoms with Gasteiger partial charge in [-0.25, -0.2) is 13.1 Å². The van der Waals surface area contributed by atoms with E-state index < -0.39 is 21.3 Å². The van der Waals surface area contributed by atoms with Crippen molar-refractivity contribution >= 4 is 32.7 Å². The molecule has 5 aliphatic rings. The summed E-state index contributed by atoms with van der Waals surface area (Å²) >= 11 is 0. The first kappa shape index (κ1) is 31.8. The molecule has 11 heteroatoms. The molecule has 2 aliphatic carbocycles. The van der Waals surface area contributed by atoms with Crippen LogP contribution in [0.4, 0.5) is 0 Å². The van der Waals surface area contributed by atoms with E-state index in [-0.39, 0.29) is 41.1 Å². The number of ether oxygens (including phenoxy) is 3. The van der Waals surface area contributed by atoms with Crippen LogP contribution in [-0.4, -0.2) is 81.1 Å². The van der Waals surface area contributed by atoms with E-state index >= 15 is 0 Å². The van der Waals surface area contributed by atoms with E-state index in [1.165, 1.54) is 12.0 Å². The van der Waals surface area contributed by atoms with Gasteiger partial charge in [0.2, 0.25) is 15.9 Å². The molecule has 8 rings (SSSR count). The summed E-state index contributed by atoms with van der Waals surface area (Å²) in [5, 5.41) is 1.07. The van der Waals surface area contributed by atoms with E-state index in [9.17, 15) is 18.0 Å². The lowest BCUT2D eigenvalue weighted by Crippen LogP contribution is -2.63. The molecule has 2 bridgehead atoms. The number of carbonyl (C=O) groups excluding carboxylic acids is 2. The number of hydrogen-bond donors (Lipinski definition) is 1. The topological polar surface area (TPSA) is 116 Å². The number of fused-ring (bicyclic) bond motifs is 9. The van der Waals surface area contributed by atoms with Gasteiger partial charge in [0.15, 0.2) is 0 Å². The van der Waals surface area contributed by atoms with Crippen LogP contribution < -0.4 is 9.46 Å². The van der Waals surface area contributed by atoms with Crippen molar-refractivity contribution in [3.05, 3.63) is 53.1 Å². The van der Waals surface area contributed by atoms with Gasteiger partial charge in [0.25, 0.3) is 5.91 Å². The highest BCUT2D eigenvalue weighted by Gasteiger charge is 2.65. The van der Waals surface area contributed by atoms with E-state index in [1.54, 1.807) is 13.2 Å². The summed E-state index contributed by atoms with van der Waals surface area (Å²) in [7, 11) is -2.12. The third kappa shape index (κ3) is 5.24. The number of nitrogens with zero attached hydrogens (tertiary/aromatic N) is 2. The van der Waals surface area contributed by atoms with Crippen molar-refractivity contribution < 1.29 is 32.2 Å². The quantitative estimate of drug-likeness (QED) is 0.366. The molecule has 4 fully saturated rings. The minimum absolute atomic E-state index is 0.0152. The van der Waals surface area contributed by atoms with Crippen LogP contribution in [0, 0.1) is 11.3 Å². The average Bonchev–Trinajstić information content (AvgIpc) is 3.73. The zero-order chi connectivity index (χ0) is 33.4. The molecule has 1 N–H and O–H groups in total. The summed E-state index contributed by atoms with van der Waals surface area (Å²) in [4.78, 5) is 30.5. The Balaban J connectivity index is 1.31. The van der Waals surface area contributed by atoms with Gasteiger partial charge in [-0.05, 0) is 72.6 Å². The monoisotopic (exact) mass is 675 g/mol. The van der Waals surface area contributed by atoms with Crippen LogP contribution in [0.1, 0.15) is 85.7 Å². The second-order valence-corrected chi connectivity index (χ2v) is 16.7. The van der Waals surface area contributed by atoms with Crippen LogP contribution in [0.3, 0.4) is 0 Å². The Labute approximate surface area is 282 Å². The number of amides is 2. The van der Waals surface area contributed by atoms with Crippen LogP contribution in [-0.2, 0) is 30.8 Å². The maximum absolute atomic E-state index is 15.0. The minimum Gasteiger partial charge on any atom is -0.497 e. The summed E-state index contributed by atoms with van der Waals surface area (Å²) in [6.45, 7) is 5.96. The summed E-state index contributed by atoms with van der Waals surface area (Å²) in [6, 6.07) is 11.6. The normalized spacial score (nSPS) is 26.8. The van der Waals surface area contributed by atoms with Crippen molar-refractivity contribution in [3.8, 4) is 17.0 Å². The van der Waals surface area contributed by atoms with Gasteiger partial charge in [-0.1, -0.05) is 39.2 Å². The minimum atomic E-state index is -3.80. The van der Waals surface area contributed by atoms with Crippen LogP contribution in [0.2, 0.25) is 0 Å². The largest absolute Gasteiger partial charge is 0.497 e. The van der Waals surface area contributed by atoms with Gasteiger partial charge in [0.1, 0.15) is 5.75 Å². The first-order chi connectivity index (χ1) is 23.1. The van der Waals surface area contributed by atoms with Crippen LogP contribution >= 0.6 is 0 Å². The number of rotatable bonds is 7. The maximum atomic E-state index is 15.0. The number of hydrogen-bond acceptors (Lipinski definition) is 7. The highest BCUT2D eigenvalue weighted by Crippen LogP contribution is 2.66. The molecule has 2 saturated heterocycles. The summed E-state index contributed by atoms with van der Waals surface area (Å²) in [5.74, 6) is 0.385. The number of carbonyl (C=O) groups is 2. The molecule has 10 nitrogen and oxygen atoms in total. The lowest BCUT2D eigenvalue weighted by molar-refractivity contribution is -0.173. The standard InChI is InChI=1S/C37H45N3O7S/c1-22(2)20-48(43,44)38-35(41)24-9-11-29-32(13-24)39-21-37(36(42)40-25-16-46-18-26(40)19-47-17-25)15-31(37)30-14-27(45-3)10-12-28(30)34(39)33(29)23-7-5-4-6-8-23/h9-14,22-23,25-26,31H,4-8,15-21H2,1-3H3,(H,38,41). The third-order valence-electron chi connectivity index (χ3n) is 11.3. The fraction of sp³-hybridized carbons (Fsp3) is 0.568. The average molecular weight is 676 g/mol. The van der Waals surface area contributed by atoms with Crippen molar-refractivity contribution in [1.29, 1.82) is 0 Å². The lowest BCUT2D eigenvalue weighted by Gasteiger charge is -2.47. The Bertz CT molecular complexity index is 1870. The second kappa shape index (κ2) is 11.9. The van der Waals surface area contributed by atoms with Crippen molar-refractivity contribution in [2.45, 2.75) is 82.8 Å². The van der Waals surface area contributed by atoms with Gasteiger partial charge in [-0.3, -0.25) is 9.59 Å². The maximum Gasteiger partial charge on any atom is 0.264 e. The number of morpholine rings is 2. The highest BCUT2D eigenvalue weighted by molar-refractivity contribution is 7.90. The molecule has 48 heavy (non-hydrogen) atoms. The molecule has 0 spiro atoms. The molecule has 1 aromatic heterocycles. The Morgan fingerprint density at radius 3 is 2.38 bits per heavy atom. The fourth-order valence-electron chi connectivity index (χ4n) is 9.09. The molecular formula is C37H45N3O7S. The number of nitrogens with one attached hydrogen (secondary N) is 1. The molecule has 2 amide bonds. The zero-order valence-corrected chi connectivity index (χ0v) is 28.8. The zero-order valence-electron chi connectivity index (χ0n) is 28.0. The van der Waals surface area contributed by atoms with Gasteiger partial charge >= 0.3 is 0 Å². The molecule has 3 aliphatic heterocycles. The number of sulfonamides is 1. The fourth-order valence-corrected chi connectivity index (χ4v) is 10.4. The lowest BCUT2D eigenvalue weighted by atomic mass is 9.81. The Kier molecular flexibility index (Phi) is 7.88. The van der Waals surface area contributed by atoms with E-state index in [0.717, 1.165) is 65.6 Å². The van der Waals surface area contributed by atoms with Crippen molar-refractivity contribution in [2.75, 3.05) is 39.3 Å². The van der Waals surface area contributed by atoms with Crippen molar-refractivity contribution in [3.63, 3.8) is 0 Å². The van der Waals surface area contributed by atoms with Gasteiger partial charge in [0, 0.05) is 34.5 Å². The van der Waals surface area contributed by atoms with E-state index in [1.807, 2.05) is 32.0 Å². The first-order valence-corrected chi connectivity index (χ1v) is 19.1. The van der Waals surface area contributed by atoms with Gasteiger partial charge < -0.3 is 23.7 Å². The Morgan fingerprint density at radius 1 is 1.00 bits per heavy atom. The molecule has 3 aromatic rings. The van der Waals surface area contributed by atoms with Crippen LogP contribution in [0.25, 0.3) is 22.2 Å². The Morgan fingerprint density at radius 2 is 1.71 bits per heavy atom. The predicted molar refractivity (Wildman–Crippen MR) is 182 cm³/mol.